The number of carboxylic acid groups (broad SMARTS) is 1. The number of rotatable bonds is 14. The van der Waals surface area contributed by atoms with Crippen LogP contribution in [0, 0.1) is 0 Å². The number of carboxylic acids is 1. The minimum absolute atomic E-state index is 0.221. The van der Waals surface area contributed by atoms with Gasteiger partial charge >= 0.3 is 5.97 Å². The summed E-state index contributed by atoms with van der Waals surface area (Å²) in [5.74, 6) is -0.724. The normalized spacial score (nSPS) is 13.5. The lowest BCUT2D eigenvalue weighted by Crippen LogP contribution is -2.06. The molecule has 0 fully saturated rings. The maximum absolute atomic E-state index is 10.3. The van der Waals surface area contributed by atoms with Crippen molar-refractivity contribution in [3.8, 4) is 0 Å². The summed E-state index contributed by atoms with van der Waals surface area (Å²) >= 11 is 0. The van der Waals surface area contributed by atoms with Crippen LogP contribution < -0.4 is 0 Å². The minimum Gasteiger partial charge on any atom is -0.481 e. The molecule has 0 aromatic heterocycles. The number of aliphatic carboxylic acids is 1. The Labute approximate surface area is 134 Å². The van der Waals surface area contributed by atoms with Crippen molar-refractivity contribution in [1.82, 2.24) is 0 Å². The molecule has 0 aliphatic heterocycles. The molecule has 4 heteroatoms. The number of allylic oxidation sites excluding steroid dienone is 5. The Morgan fingerprint density at radius 1 is 1.09 bits per heavy atom. The molecule has 0 aromatic rings. The summed E-state index contributed by atoms with van der Waals surface area (Å²) in [5, 5.41) is 17.3. The van der Waals surface area contributed by atoms with Gasteiger partial charge in [-0.05, 0) is 32.1 Å². The predicted octanol–water partition coefficient (Wildman–Crippen LogP) is 5.13. The van der Waals surface area contributed by atoms with Gasteiger partial charge in [-0.25, -0.2) is 4.89 Å². The van der Waals surface area contributed by atoms with E-state index in [1.165, 1.54) is 0 Å². The Hall–Kier alpha value is -1.39. The molecular formula is C18H30O4. The summed E-state index contributed by atoms with van der Waals surface area (Å²) in [6.07, 6.45) is 19.6. The van der Waals surface area contributed by atoms with Crippen LogP contribution in [0.15, 0.2) is 36.5 Å². The summed E-state index contributed by atoms with van der Waals surface area (Å²) in [6, 6.07) is 0. The third-order valence-corrected chi connectivity index (χ3v) is 3.25. The maximum atomic E-state index is 10.3. The standard InChI is InChI=1S/C18H30O4/c1-2-3-11-14-17(22-21)15-12-9-7-5-4-6-8-10-13-16-18(19)20/h4,6-7,9,12,15,17,21H,2-3,5,8,10-11,13-14,16H2,1H3,(H,19,20)/b6-4-,9-7-,15-12+/t17-/m0/s1. The quantitative estimate of drug-likeness (QED) is 0.153. The van der Waals surface area contributed by atoms with Crippen molar-refractivity contribution in [1.29, 1.82) is 0 Å². The largest absolute Gasteiger partial charge is 0.481 e. The van der Waals surface area contributed by atoms with Crippen LogP contribution in [0.1, 0.15) is 64.7 Å². The third-order valence-electron chi connectivity index (χ3n) is 3.25. The fourth-order valence-corrected chi connectivity index (χ4v) is 1.96. The van der Waals surface area contributed by atoms with Crippen LogP contribution in [0.25, 0.3) is 0 Å². The van der Waals surface area contributed by atoms with E-state index in [1.807, 2.05) is 24.3 Å². The minimum atomic E-state index is -0.724. The van der Waals surface area contributed by atoms with Crippen molar-refractivity contribution in [3.05, 3.63) is 36.5 Å². The van der Waals surface area contributed by atoms with Crippen LogP contribution in [-0.4, -0.2) is 22.4 Å². The Bertz CT molecular complexity index is 345. The Morgan fingerprint density at radius 2 is 1.91 bits per heavy atom. The number of carbonyl (C=O) groups is 1. The molecule has 2 N–H and O–H groups in total. The van der Waals surface area contributed by atoms with Gasteiger partial charge in [0.1, 0.15) is 6.10 Å². The van der Waals surface area contributed by atoms with E-state index in [9.17, 15) is 4.79 Å². The zero-order valence-electron chi connectivity index (χ0n) is 13.6. The van der Waals surface area contributed by atoms with E-state index < -0.39 is 5.97 Å². The summed E-state index contributed by atoms with van der Waals surface area (Å²) in [7, 11) is 0. The first-order valence-corrected chi connectivity index (χ1v) is 8.21. The lowest BCUT2D eigenvalue weighted by Gasteiger charge is -2.07. The van der Waals surface area contributed by atoms with E-state index in [0.29, 0.717) is 0 Å². The van der Waals surface area contributed by atoms with Crippen molar-refractivity contribution in [3.63, 3.8) is 0 Å². The van der Waals surface area contributed by atoms with E-state index >= 15 is 0 Å². The highest BCUT2D eigenvalue weighted by Gasteiger charge is 2.02. The van der Waals surface area contributed by atoms with Crippen LogP contribution in [0.4, 0.5) is 0 Å². The predicted molar refractivity (Wildman–Crippen MR) is 89.8 cm³/mol. The topological polar surface area (TPSA) is 66.8 Å². The molecule has 22 heavy (non-hydrogen) atoms. The Kier molecular flexibility index (Phi) is 15.0. The molecule has 0 amide bonds. The average molecular weight is 310 g/mol. The van der Waals surface area contributed by atoms with E-state index in [0.717, 1.165) is 51.4 Å². The van der Waals surface area contributed by atoms with Gasteiger partial charge in [0.2, 0.25) is 0 Å². The fraction of sp³-hybridized carbons (Fsp3) is 0.611. The molecule has 0 aromatic carbocycles. The second-order valence-corrected chi connectivity index (χ2v) is 5.30. The maximum Gasteiger partial charge on any atom is 0.303 e. The fourth-order valence-electron chi connectivity index (χ4n) is 1.96. The van der Waals surface area contributed by atoms with E-state index in [-0.39, 0.29) is 12.5 Å². The number of hydrogen-bond donors (Lipinski definition) is 2. The van der Waals surface area contributed by atoms with Gasteiger partial charge in [-0.3, -0.25) is 10.1 Å². The van der Waals surface area contributed by atoms with Crippen molar-refractivity contribution < 1.29 is 20.0 Å². The van der Waals surface area contributed by atoms with Crippen molar-refractivity contribution in [2.75, 3.05) is 0 Å². The molecule has 0 spiro atoms. The molecule has 126 valence electrons. The molecule has 0 heterocycles. The average Bonchev–Trinajstić information content (AvgIpc) is 2.50. The first kappa shape index (κ1) is 20.6. The summed E-state index contributed by atoms with van der Waals surface area (Å²) in [4.78, 5) is 14.7. The summed E-state index contributed by atoms with van der Waals surface area (Å²) < 4.78 is 0. The molecule has 4 nitrogen and oxygen atoms in total. The highest BCUT2D eigenvalue weighted by atomic mass is 17.1. The Morgan fingerprint density at radius 3 is 2.59 bits per heavy atom. The highest BCUT2D eigenvalue weighted by molar-refractivity contribution is 5.66. The third kappa shape index (κ3) is 15.0. The second kappa shape index (κ2) is 16.0. The number of unbranched alkanes of at least 4 members (excludes halogenated alkanes) is 4. The lowest BCUT2D eigenvalue weighted by atomic mass is 10.1. The van der Waals surface area contributed by atoms with Gasteiger partial charge in [0.05, 0.1) is 0 Å². The van der Waals surface area contributed by atoms with Gasteiger partial charge in [-0.15, -0.1) is 0 Å². The Balaban J connectivity index is 3.66. The molecule has 0 saturated carbocycles. The first-order chi connectivity index (χ1) is 10.7. The molecular weight excluding hydrogens is 280 g/mol. The molecule has 0 rings (SSSR count). The van der Waals surface area contributed by atoms with E-state index in [2.05, 4.69) is 24.0 Å². The van der Waals surface area contributed by atoms with Gasteiger partial charge in [-0.2, -0.15) is 0 Å². The van der Waals surface area contributed by atoms with Crippen LogP contribution >= 0.6 is 0 Å². The van der Waals surface area contributed by atoms with Gasteiger partial charge in [0.15, 0.2) is 0 Å². The van der Waals surface area contributed by atoms with Crippen LogP contribution in [0.2, 0.25) is 0 Å². The zero-order valence-corrected chi connectivity index (χ0v) is 13.6. The van der Waals surface area contributed by atoms with Crippen LogP contribution in [-0.2, 0) is 9.68 Å². The summed E-state index contributed by atoms with van der Waals surface area (Å²) in [5.41, 5.74) is 0. The van der Waals surface area contributed by atoms with Gasteiger partial charge in [0.25, 0.3) is 0 Å². The van der Waals surface area contributed by atoms with Gasteiger partial charge < -0.3 is 5.11 Å². The molecule has 0 saturated heterocycles. The van der Waals surface area contributed by atoms with Crippen molar-refractivity contribution in [2.45, 2.75) is 70.8 Å². The molecule has 1 atom stereocenters. The van der Waals surface area contributed by atoms with E-state index in [4.69, 9.17) is 10.4 Å². The van der Waals surface area contributed by atoms with Crippen LogP contribution in [0.5, 0.6) is 0 Å². The van der Waals surface area contributed by atoms with Crippen LogP contribution in [0.3, 0.4) is 0 Å². The van der Waals surface area contributed by atoms with Gasteiger partial charge in [-0.1, -0.05) is 62.6 Å². The summed E-state index contributed by atoms with van der Waals surface area (Å²) in [6.45, 7) is 2.15. The SMILES string of the molecule is CCCCC[C@@H](/C=C/C=C\C/C=C\CCCCC(=O)O)OO. The van der Waals surface area contributed by atoms with E-state index in [1.54, 1.807) is 0 Å². The lowest BCUT2D eigenvalue weighted by molar-refractivity contribution is -0.267. The molecule has 0 radical (unpaired) electrons. The van der Waals surface area contributed by atoms with Crippen molar-refractivity contribution in [2.24, 2.45) is 0 Å². The monoisotopic (exact) mass is 310 g/mol. The first-order valence-electron chi connectivity index (χ1n) is 8.21. The smallest absolute Gasteiger partial charge is 0.303 e. The molecule has 0 unspecified atom stereocenters. The van der Waals surface area contributed by atoms with Crippen molar-refractivity contribution >= 4 is 5.97 Å². The zero-order chi connectivity index (χ0) is 16.5. The highest BCUT2D eigenvalue weighted by Crippen LogP contribution is 2.07. The second-order valence-electron chi connectivity index (χ2n) is 5.30. The molecule has 0 aliphatic rings. The molecule has 0 bridgehead atoms. The molecule has 0 aliphatic carbocycles. The number of hydrogen-bond acceptors (Lipinski definition) is 3. The van der Waals surface area contributed by atoms with Gasteiger partial charge in [0, 0.05) is 6.42 Å².